The summed E-state index contributed by atoms with van der Waals surface area (Å²) in [6.07, 6.45) is 2.57. The van der Waals surface area contributed by atoms with E-state index in [9.17, 15) is 13.6 Å². The van der Waals surface area contributed by atoms with Crippen molar-refractivity contribution in [2.24, 2.45) is 0 Å². The van der Waals surface area contributed by atoms with Gasteiger partial charge in [0.15, 0.2) is 0 Å². The summed E-state index contributed by atoms with van der Waals surface area (Å²) in [4.78, 5) is 14.5. The molecule has 2 rings (SSSR count). The highest BCUT2D eigenvalue weighted by Gasteiger charge is 2.16. The molecule has 1 N–H and O–H groups in total. The number of aromatic nitrogens is 1. The molecule has 0 saturated carbocycles. The summed E-state index contributed by atoms with van der Waals surface area (Å²) in [6, 6.07) is 5.93. The first-order valence-corrected chi connectivity index (χ1v) is 9.32. The van der Waals surface area contributed by atoms with Gasteiger partial charge in [-0.25, -0.2) is 13.8 Å². The van der Waals surface area contributed by atoms with E-state index in [1.807, 2.05) is 13.8 Å². The van der Waals surface area contributed by atoms with Crippen molar-refractivity contribution >= 4 is 17.7 Å². The molecule has 0 aliphatic heterocycles. The Hall–Kier alpha value is -2.15. The quantitative estimate of drug-likeness (QED) is 0.480. The summed E-state index contributed by atoms with van der Waals surface area (Å²) in [5.74, 6) is -1.39. The Kier molecular flexibility index (Phi) is 7.38. The maximum absolute atomic E-state index is 14.4. The third-order valence-electron chi connectivity index (χ3n) is 3.46. The number of pyridine rings is 1. The standard InChI is InChI=1S/C19H21F2NO3S/c1-12(2)25-19-14(6-5-8-22-19)13-10-15(20)18(16(21)11-13)26-9-4-3-7-17(23)24/h5-6,8,10-12H,3-4,7,9H2,1-2H3,(H,23,24). The fraction of sp³-hybridized carbons (Fsp3) is 0.368. The van der Waals surface area contributed by atoms with Crippen LogP contribution in [0.25, 0.3) is 11.1 Å². The van der Waals surface area contributed by atoms with Crippen molar-refractivity contribution in [1.82, 2.24) is 4.98 Å². The van der Waals surface area contributed by atoms with Gasteiger partial charge >= 0.3 is 5.97 Å². The molecule has 0 saturated heterocycles. The topological polar surface area (TPSA) is 59.4 Å². The Morgan fingerprint density at radius 2 is 1.96 bits per heavy atom. The molecule has 0 bridgehead atoms. The van der Waals surface area contributed by atoms with E-state index in [-0.39, 0.29) is 17.4 Å². The summed E-state index contributed by atoms with van der Waals surface area (Å²) >= 11 is 1.05. The van der Waals surface area contributed by atoms with Crippen LogP contribution in [0, 0.1) is 11.6 Å². The van der Waals surface area contributed by atoms with E-state index in [4.69, 9.17) is 9.84 Å². The highest BCUT2D eigenvalue weighted by atomic mass is 32.2. The number of carbonyl (C=O) groups is 1. The minimum atomic E-state index is -0.868. The van der Waals surface area contributed by atoms with E-state index in [1.165, 1.54) is 12.1 Å². The van der Waals surface area contributed by atoms with Gasteiger partial charge in [-0.05, 0) is 62.3 Å². The molecule has 4 nitrogen and oxygen atoms in total. The van der Waals surface area contributed by atoms with E-state index >= 15 is 0 Å². The second-order valence-electron chi connectivity index (χ2n) is 5.99. The number of hydrogen-bond acceptors (Lipinski definition) is 4. The summed E-state index contributed by atoms with van der Waals surface area (Å²) in [6.45, 7) is 3.70. The Balaban J connectivity index is 2.15. The third kappa shape index (κ3) is 5.69. The van der Waals surface area contributed by atoms with Crippen molar-refractivity contribution in [1.29, 1.82) is 0 Å². The average molecular weight is 381 g/mol. The number of aliphatic carboxylic acids is 1. The second-order valence-corrected chi connectivity index (χ2v) is 7.10. The van der Waals surface area contributed by atoms with Gasteiger partial charge in [-0.2, -0.15) is 0 Å². The normalized spacial score (nSPS) is 11.0. The van der Waals surface area contributed by atoms with Crippen molar-refractivity contribution < 1.29 is 23.4 Å². The Labute approximate surface area is 155 Å². The van der Waals surface area contributed by atoms with Gasteiger partial charge in [0.25, 0.3) is 0 Å². The lowest BCUT2D eigenvalue weighted by Crippen LogP contribution is -2.08. The van der Waals surface area contributed by atoms with Crippen LogP contribution in [-0.4, -0.2) is 27.9 Å². The summed E-state index contributed by atoms with van der Waals surface area (Å²) in [5.41, 5.74) is 0.885. The van der Waals surface area contributed by atoms with Gasteiger partial charge in [-0.1, -0.05) is 0 Å². The first-order valence-electron chi connectivity index (χ1n) is 8.34. The molecule has 0 radical (unpaired) electrons. The van der Waals surface area contributed by atoms with E-state index in [0.29, 0.717) is 35.6 Å². The number of unbranched alkanes of at least 4 members (excludes halogenated alkanes) is 1. The Morgan fingerprint density at radius 1 is 1.27 bits per heavy atom. The number of hydrogen-bond donors (Lipinski definition) is 1. The zero-order valence-corrected chi connectivity index (χ0v) is 15.5. The highest BCUT2D eigenvalue weighted by Crippen LogP contribution is 2.34. The summed E-state index contributed by atoms with van der Waals surface area (Å²) in [7, 11) is 0. The molecule has 1 aromatic heterocycles. The number of halogens is 2. The van der Waals surface area contributed by atoms with Gasteiger partial charge in [0, 0.05) is 18.2 Å². The smallest absolute Gasteiger partial charge is 0.303 e. The number of nitrogens with zero attached hydrogens (tertiary/aromatic N) is 1. The van der Waals surface area contributed by atoms with Gasteiger partial charge < -0.3 is 9.84 Å². The van der Waals surface area contributed by atoms with Crippen LogP contribution in [0.15, 0.2) is 35.4 Å². The van der Waals surface area contributed by atoms with E-state index < -0.39 is 17.6 Å². The molecule has 0 atom stereocenters. The molecule has 7 heteroatoms. The molecule has 26 heavy (non-hydrogen) atoms. The van der Waals surface area contributed by atoms with Gasteiger partial charge in [0.05, 0.1) is 11.0 Å². The molecule has 1 aromatic carbocycles. The molecule has 1 heterocycles. The van der Waals surface area contributed by atoms with Crippen molar-refractivity contribution in [2.75, 3.05) is 5.75 Å². The average Bonchev–Trinajstić information content (AvgIpc) is 2.56. The zero-order chi connectivity index (χ0) is 19.1. The van der Waals surface area contributed by atoms with Crippen molar-refractivity contribution in [3.8, 4) is 17.0 Å². The first kappa shape index (κ1) is 20.2. The van der Waals surface area contributed by atoms with Gasteiger partial charge in [0.2, 0.25) is 5.88 Å². The first-order chi connectivity index (χ1) is 12.4. The summed E-state index contributed by atoms with van der Waals surface area (Å²) < 4.78 is 34.4. The van der Waals surface area contributed by atoms with Crippen molar-refractivity contribution in [2.45, 2.75) is 44.1 Å². The maximum Gasteiger partial charge on any atom is 0.303 e. The number of carboxylic acid groups (broad SMARTS) is 1. The lowest BCUT2D eigenvalue weighted by molar-refractivity contribution is -0.137. The number of ether oxygens (including phenoxy) is 1. The molecule has 0 amide bonds. The van der Waals surface area contributed by atoms with Crippen LogP contribution in [0.5, 0.6) is 5.88 Å². The van der Waals surface area contributed by atoms with E-state index in [2.05, 4.69) is 4.98 Å². The zero-order valence-electron chi connectivity index (χ0n) is 14.7. The fourth-order valence-corrected chi connectivity index (χ4v) is 3.28. The van der Waals surface area contributed by atoms with Gasteiger partial charge in [0.1, 0.15) is 11.6 Å². The van der Waals surface area contributed by atoms with Crippen LogP contribution in [0.1, 0.15) is 33.1 Å². The highest BCUT2D eigenvalue weighted by molar-refractivity contribution is 7.99. The monoisotopic (exact) mass is 381 g/mol. The molecular formula is C19H21F2NO3S. The predicted molar refractivity (Wildman–Crippen MR) is 97.6 cm³/mol. The SMILES string of the molecule is CC(C)Oc1ncccc1-c1cc(F)c(SCCCCC(=O)O)c(F)c1. The van der Waals surface area contributed by atoms with E-state index in [1.54, 1.807) is 18.3 Å². The molecule has 0 aliphatic carbocycles. The van der Waals surface area contributed by atoms with Crippen LogP contribution >= 0.6 is 11.8 Å². The van der Waals surface area contributed by atoms with Crippen LogP contribution in [-0.2, 0) is 4.79 Å². The van der Waals surface area contributed by atoms with Crippen molar-refractivity contribution in [3.63, 3.8) is 0 Å². The molecular weight excluding hydrogens is 360 g/mol. The van der Waals surface area contributed by atoms with E-state index in [0.717, 1.165) is 11.8 Å². The largest absolute Gasteiger partial charge is 0.481 e. The summed E-state index contributed by atoms with van der Waals surface area (Å²) in [5, 5.41) is 8.59. The molecule has 0 unspecified atom stereocenters. The van der Waals surface area contributed by atoms with Crippen LogP contribution in [0.3, 0.4) is 0 Å². The molecule has 0 spiro atoms. The van der Waals surface area contributed by atoms with Crippen LogP contribution < -0.4 is 4.74 Å². The number of rotatable bonds is 9. The van der Waals surface area contributed by atoms with Crippen LogP contribution in [0.2, 0.25) is 0 Å². The van der Waals surface area contributed by atoms with Gasteiger partial charge in [-0.15, -0.1) is 11.8 Å². The number of thioether (sulfide) groups is 1. The lowest BCUT2D eigenvalue weighted by atomic mass is 10.1. The predicted octanol–water partition coefficient (Wildman–Crippen LogP) is 5.16. The molecule has 140 valence electrons. The minimum Gasteiger partial charge on any atom is -0.481 e. The fourth-order valence-electron chi connectivity index (χ4n) is 2.33. The molecule has 0 aliphatic rings. The Bertz CT molecular complexity index is 745. The minimum absolute atomic E-state index is 0.0562. The number of carboxylic acids is 1. The molecule has 0 fully saturated rings. The van der Waals surface area contributed by atoms with Crippen molar-refractivity contribution in [3.05, 3.63) is 42.1 Å². The van der Waals surface area contributed by atoms with Crippen LogP contribution in [0.4, 0.5) is 8.78 Å². The van der Waals surface area contributed by atoms with Gasteiger partial charge in [-0.3, -0.25) is 4.79 Å². The third-order valence-corrected chi connectivity index (χ3v) is 4.63. The molecule has 2 aromatic rings. The Morgan fingerprint density at radius 3 is 2.58 bits per heavy atom. The lowest BCUT2D eigenvalue weighted by Gasteiger charge is -2.14. The number of benzene rings is 1. The second kappa shape index (κ2) is 9.52. The maximum atomic E-state index is 14.4.